The van der Waals surface area contributed by atoms with Crippen molar-refractivity contribution < 1.29 is 14.7 Å². The predicted octanol–water partition coefficient (Wildman–Crippen LogP) is 3.37. The fourth-order valence-corrected chi connectivity index (χ4v) is 2.60. The standard InChI is InChI=1S/C18H15ClN2O3/c1-10(22)18(24)21-15-13-8-7-12(19)9-14(13)20-16(15)17(23)11-5-3-2-4-6-11/h2-10,20,22H,1H3,(H,21,24). The molecule has 0 aliphatic rings. The number of H-pyrrole nitrogens is 1. The molecule has 1 amide bonds. The molecule has 3 rings (SSSR count). The molecule has 3 N–H and O–H groups in total. The van der Waals surface area contributed by atoms with E-state index in [0.29, 0.717) is 27.2 Å². The molecule has 3 aromatic rings. The van der Waals surface area contributed by atoms with Gasteiger partial charge in [0.25, 0.3) is 5.91 Å². The van der Waals surface area contributed by atoms with E-state index in [2.05, 4.69) is 10.3 Å². The molecule has 0 radical (unpaired) electrons. The zero-order valence-electron chi connectivity index (χ0n) is 12.8. The van der Waals surface area contributed by atoms with Crippen molar-refractivity contribution in [3.63, 3.8) is 0 Å². The van der Waals surface area contributed by atoms with Crippen LogP contribution < -0.4 is 5.32 Å². The Morgan fingerprint density at radius 3 is 2.54 bits per heavy atom. The van der Waals surface area contributed by atoms with Crippen LogP contribution in [0.4, 0.5) is 5.69 Å². The second kappa shape index (κ2) is 6.47. The highest BCUT2D eigenvalue weighted by Crippen LogP contribution is 2.31. The van der Waals surface area contributed by atoms with Crippen molar-refractivity contribution in [2.75, 3.05) is 5.32 Å². The molecule has 1 aromatic heterocycles. The van der Waals surface area contributed by atoms with Crippen LogP contribution in [0, 0.1) is 0 Å². The number of fused-ring (bicyclic) bond motifs is 1. The molecule has 0 aliphatic carbocycles. The molecule has 1 heterocycles. The number of aliphatic hydroxyl groups excluding tert-OH is 1. The number of hydrogen-bond acceptors (Lipinski definition) is 3. The number of aromatic amines is 1. The average Bonchev–Trinajstić information content (AvgIpc) is 2.92. The quantitative estimate of drug-likeness (QED) is 0.636. The minimum Gasteiger partial charge on any atom is -0.384 e. The minimum absolute atomic E-state index is 0.243. The Morgan fingerprint density at radius 2 is 1.88 bits per heavy atom. The summed E-state index contributed by atoms with van der Waals surface area (Å²) >= 11 is 6.00. The fraction of sp³-hybridized carbons (Fsp3) is 0.111. The van der Waals surface area contributed by atoms with Crippen molar-refractivity contribution in [3.8, 4) is 0 Å². The summed E-state index contributed by atoms with van der Waals surface area (Å²) in [7, 11) is 0. The third kappa shape index (κ3) is 3.04. The molecule has 2 aromatic carbocycles. The largest absolute Gasteiger partial charge is 0.384 e. The third-order valence-electron chi connectivity index (χ3n) is 3.65. The number of anilines is 1. The van der Waals surface area contributed by atoms with Gasteiger partial charge in [-0.2, -0.15) is 0 Å². The predicted molar refractivity (Wildman–Crippen MR) is 93.5 cm³/mol. The molecule has 24 heavy (non-hydrogen) atoms. The summed E-state index contributed by atoms with van der Waals surface area (Å²) in [6.45, 7) is 1.36. The zero-order chi connectivity index (χ0) is 17.3. The number of nitrogens with one attached hydrogen (secondary N) is 2. The third-order valence-corrected chi connectivity index (χ3v) is 3.89. The van der Waals surface area contributed by atoms with Crippen LogP contribution in [0.25, 0.3) is 10.9 Å². The molecule has 1 atom stereocenters. The van der Waals surface area contributed by atoms with Crippen LogP contribution in [0.15, 0.2) is 48.5 Å². The van der Waals surface area contributed by atoms with Crippen LogP contribution in [0.3, 0.4) is 0 Å². The van der Waals surface area contributed by atoms with Gasteiger partial charge in [0.05, 0.1) is 5.69 Å². The van der Waals surface area contributed by atoms with Gasteiger partial charge in [0, 0.05) is 21.5 Å². The summed E-state index contributed by atoms with van der Waals surface area (Å²) in [5.41, 5.74) is 1.69. The number of rotatable bonds is 4. The molecule has 0 spiro atoms. The summed E-state index contributed by atoms with van der Waals surface area (Å²) in [4.78, 5) is 27.7. The maximum Gasteiger partial charge on any atom is 0.252 e. The Bertz CT molecular complexity index is 917. The van der Waals surface area contributed by atoms with Gasteiger partial charge in [0.1, 0.15) is 11.8 Å². The molecule has 0 aliphatic heterocycles. The van der Waals surface area contributed by atoms with Crippen LogP contribution in [0.1, 0.15) is 23.0 Å². The first kappa shape index (κ1) is 16.2. The van der Waals surface area contributed by atoms with Gasteiger partial charge in [-0.1, -0.05) is 41.9 Å². The molecule has 0 saturated heterocycles. The van der Waals surface area contributed by atoms with Gasteiger partial charge in [0.15, 0.2) is 0 Å². The highest BCUT2D eigenvalue weighted by molar-refractivity contribution is 6.31. The molecule has 6 heteroatoms. The van der Waals surface area contributed by atoms with Crippen molar-refractivity contribution in [3.05, 3.63) is 64.8 Å². The Kier molecular flexibility index (Phi) is 4.38. The summed E-state index contributed by atoms with van der Waals surface area (Å²) in [6.07, 6.45) is -1.19. The number of halogens is 1. The molecule has 5 nitrogen and oxygen atoms in total. The Morgan fingerprint density at radius 1 is 1.17 bits per heavy atom. The number of ketones is 1. The SMILES string of the molecule is CC(O)C(=O)Nc1c(C(=O)c2ccccc2)[nH]c2cc(Cl)ccc12. The topological polar surface area (TPSA) is 82.2 Å². The van der Waals surface area contributed by atoms with Gasteiger partial charge < -0.3 is 15.4 Å². The molecule has 0 fully saturated rings. The fourth-order valence-electron chi connectivity index (χ4n) is 2.43. The van der Waals surface area contributed by atoms with Crippen molar-refractivity contribution in [1.29, 1.82) is 0 Å². The van der Waals surface area contributed by atoms with Gasteiger partial charge in [-0.25, -0.2) is 0 Å². The van der Waals surface area contributed by atoms with E-state index >= 15 is 0 Å². The molecule has 0 saturated carbocycles. The lowest BCUT2D eigenvalue weighted by atomic mass is 10.1. The van der Waals surface area contributed by atoms with Gasteiger partial charge in [-0.3, -0.25) is 9.59 Å². The summed E-state index contributed by atoms with van der Waals surface area (Å²) in [5.74, 6) is -0.850. The molecule has 1 unspecified atom stereocenters. The maximum atomic E-state index is 12.8. The smallest absolute Gasteiger partial charge is 0.252 e. The van der Waals surface area contributed by atoms with Crippen LogP contribution in [0.2, 0.25) is 5.02 Å². The number of carbonyl (C=O) groups excluding carboxylic acids is 2. The Balaban J connectivity index is 2.15. The van der Waals surface area contributed by atoms with Crippen molar-refractivity contribution in [2.45, 2.75) is 13.0 Å². The molecular formula is C18H15ClN2O3. The Hall–Kier alpha value is -2.63. The minimum atomic E-state index is -1.19. The van der Waals surface area contributed by atoms with E-state index in [0.717, 1.165) is 0 Å². The highest BCUT2D eigenvalue weighted by Gasteiger charge is 2.22. The summed E-state index contributed by atoms with van der Waals surface area (Å²) in [5, 5.41) is 13.2. The van der Waals surface area contributed by atoms with Gasteiger partial charge in [0.2, 0.25) is 5.78 Å². The lowest BCUT2D eigenvalue weighted by molar-refractivity contribution is -0.123. The van der Waals surface area contributed by atoms with Gasteiger partial charge in [-0.05, 0) is 25.1 Å². The second-order valence-corrected chi connectivity index (χ2v) is 5.86. The van der Waals surface area contributed by atoms with E-state index in [4.69, 9.17) is 11.6 Å². The van der Waals surface area contributed by atoms with E-state index in [9.17, 15) is 14.7 Å². The number of amides is 1. The normalized spacial score (nSPS) is 12.1. The second-order valence-electron chi connectivity index (χ2n) is 5.43. The monoisotopic (exact) mass is 342 g/mol. The van der Waals surface area contributed by atoms with E-state index in [-0.39, 0.29) is 11.5 Å². The van der Waals surface area contributed by atoms with Gasteiger partial charge in [-0.15, -0.1) is 0 Å². The zero-order valence-corrected chi connectivity index (χ0v) is 13.6. The van der Waals surface area contributed by atoms with E-state index in [1.807, 2.05) is 6.07 Å². The first-order valence-electron chi connectivity index (χ1n) is 7.37. The van der Waals surface area contributed by atoms with Crippen LogP contribution in [-0.2, 0) is 4.79 Å². The summed E-state index contributed by atoms with van der Waals surface area (Å²) in [6, 6.07) is 13.8. The van der Waals surface area contributed by atoms with E-state index in [1.54, 1.807) is 42.5 Å². The number of aliphatic hydroxyl groups is 1. The first-order valence-corrected chi connectivity index (χ1v) is 7.75. The molecular weight excluding hydrogens is 328 g/mol. The Labute approximate surface area is 143 Å². The lowest BCUT2D eigenvalue weighted by Crippen LogP contribution is -2.25. The van der Waals surface area contributed by atoms with Crippen LogP contribution >= 0.6 is 11.6 Å². The van der Waals surface area contributed by atoms with Crippen LogP contribution in [0.5, 0.6) is 0 Å². The molecule has 122 valence electrons. The van der Waals surface area contributed by atoms with Gasteiger partial charge >= 0.3 is 0 Å². The average molecular weight is 343 g/mol. The van der Waals surface area contributed by atoms with Crippen LogP contribution in [-0.4, -0.2) is 27.9 Å². The van der Waals surface area contributed by atoms with Crippen molar-refractivity contribution >= 4 is 39.9 Å². The van der Waals surface area contributed by atoms with E-state index < -0.39 is 12.0 Å². The maximum absolute atomic E-state index is 12.8. The van der Waals surface area contributed by atoms with Crippen molar-refractivity contribution in [1.82, 2.24) is 4.98 Å². The molecule has 0 bridgehead atoms. The number of hydrogen-bond donors (Lipinski definition) is 3. The highest BCUT2D eigenvalue weighted by atomic mass is 35.5. The first-order chi connectivity index (χ1) is 11.5. The van der Waals surface area contributed by atoms with Crippen molar-refractivity contribution in [2.24, 2.45) is 0 Å². The number of carbonyl (C=O) groups is 2. The van der Waals surface area contributed by atoms with E-state index in [1.165, 1.54) is 6.92 Å². The number of benzene rings is 2. The summed E-state index contributed by atoms with van der Waals surface area (Å²) < 4.78 is 0. The number of aromatic nitrogens is 1. The lowest BCUT2D eigenvalue weighted by Gasteiger charge is -2.08.